The molecule has 0 bridgehead atoms. The minimum Gasteiger partial charge on any atom is -0.336 e. The van der Waals surface area contributed by atoms with Gasteiger partial charge < -0.3 is 4.57 Å². The first-order chi connectivity index (χ1) is 6.52. The van der Waals surface area contributed by atoms with Gasteiger partial charge in [0.15, 0.2) is 0 Å². The van der Waals surface area contributed by atoms with E-state index in [0.29, 0.717) is 13.1 Å². The Kier molecular flexibility index (Phi) is 3.65. The molecule has 14 heavy (non-hydrogen) atoms. The monoisotopic (exact) mass is 217 g/mol. The third kappa shape index (κ3) is 3.12. The lowest BCUT2D eigenvalue weighted by atomic mass is 10.6. The van der Waals surface area contributed by atoms with Crippen LogP contribution in [0, 0.1) is 0 Å². The van der Waals surface area contributed by atoms with Gasteiger partial charge in [0.25, 0.3) is 0 Å². The summed E-state index contributed by atoms with van der Waals surface area (Å²) in [6, 6.07) is 0. The summed E-state index contributed by atoms with van der Waals surface area (Å²) >= 11 is 0. The van der Waals surface area contributed by atoms with Gasteiger partial charge in [-0.25, -0.2) is 18.1 Å². The van der Waals surface area contributed by atoms with E-state index in [2.05, 4.69) is 9.71 Å². The molecular formula is C8H15N3O2S. The molecule has 0 unspecified atom stereocenters. The van der Waals surface area contributed by atoms with Crippen LogP contribution in [0.3, 0.4) is 0 Å². The van der Waals surface area contributed by atoms with Gasteiger partial charge in [-0.1, -0.05) is 0 Å². The van der Waals surface area contributed by atoms with E-state index in [0.717, 1.165) is 0 Å². The van der Waals surface area contributed by atoms with Crippen LogP contribution in [0.25, 0.3) is 0 Å². The molecule has 0 aliphatic rings. The molecule has 6 heteroatoms. The van der Waals surface area contributed by atoms with Gasteiger partial charge >= 0.3 is 0 Å². The summed E-state index contributed by atoms with van der Waals surface area (Å²) in [5.74, 6) is 0. The Hall–Kier alpha value is -0.880. The molecule has 80 valence electrons. The van der Waals surface area contributed by atoms with E-state index in [9.17, 15) is 8.42 Å². The zero-order valence-electron chi connectivity index (χ0n) is 8.34. The Balaban J connectivity index is 2.36. The fourth-order valence-electron chi connectivity index (χ4n) is 0.903. The van der Waals surface area contributed by atoms with Crippen LogP contribution in [0.5, 0.6) is 0 Å². The summed E-state index contributed by atoms with van der Waals surface area (Å²) in [6.07, 6.45) is 5.12. The molecule has 1 aromatic heterocycles. The summed E-state index contributed by atoms with van der Waals surface area (Å²) in [5.41, 5.74) is 0. The molecule has 0 spiro atoms. The molecule has 0 saturated carbocycles. The van der Waals surface area contributed by atoms with Gasteiger partial charge in [-0.15, -0.1) is 0 Å². The lowest BCUT2D eigenvalue weighted by Crippen LogP contribution is -2.33. The molecule has 0 fully saturated rings. The van der Waals surface area contributed by atoms with Crippen LogP contribution in [0.1, 0.15) is 13.8 Å². The van der Waals surface area contributed by atoms with Crippen LogP contribution < -0.4 is 4.72 Å². The first kappa shape index (κ1) is 11.2. The van der Waals surface area contributed by atoms with Crippen molar-refractivity contribution in [2.75, 3.05) is 6.54 Å². The van der Waals surface area contributed by atoms with E-state index < -0.39 is 10.0 Å². The highest BCUT2D eigenvalue weighted by atomic mass is 32.2. The quantitative estimate of drug-likeness (QED) is 0.767. The van der Waals surface area contributed by atoms with Crippen LogP contribution >= 0.6 is 0 Å². The van der Waals surface area contributed by atoms with Crippen molar-refractivity contribution in [1.29, 1.82) is 0 Å². The Bertz CT molecular complexity index is 356. The largest absolute Gasteiger partial charge is 0.336 e. The van der Waals surface area contributed by atoms with Crippen molar-refractivity contribution in [3.8, 4) is 0 Å². The van der Waals surface area contributed by atoms with Crippen molar-refractivity contribution < 1.29 is 8.42 Å². The number of rotatable bonds is 5. The van der Waals surface area contributed by atoms with E-state index >= 15 is 0 Å². The number of nitrogens with zero attached hydrogens (tertiary/aromatic N) is 2. The Labute approximate surface area is 84.2 Å². The zero-order valence-corrected chi connectivity index (χ0v) is 9.16. The number of hydrogen-bond donors (Lipinski definition) is 1. The third-order valence-corrected chi connectivity index (χ3v) is 3.70. The van der Waals surface area contributed by atoms with Gasteiger partial charge in [-0.05, 0) is 13.8 Å². The van der Waals surface area contributed by atoms with E-state index in [1.165, 1.54) is 0 Å². The van der Waals surface area contributed by atoms with E-state index in [1.54, 1.807) is 32.6 Å². The number of sulfonamides is 1. The highest BCUT2D eigenvalue weighted by molar-refractivity contribution is 7.90. The molecule has 0 atom stereocenters. The molecular weight excluding hydrogens is 202 g/mol. The minimum atomic E-state index is -3.14. The number of hydrogen-bond acceptors (Lipinski definition) is 3. The average Bonchev–Trinajstić information content (AvgIpc) is 2.56. The van der Waals surface area contributed by atoms with E-state index in [-0.39, 0.29) is 5.25 Å². The van der Waals surface area contributed by atoms with Gasteiger partial charge in [-0.2, -0.15) is 0 Å². The molecule has 0 amide bonds. The zero-order chi connectivity index (χ0) is 10.6. The molecule has 0 aliphatic carbocycles. The maximum absolute atomic E-state index is 11.3. The first-order valence-corrected chi connectivity index (χ1v) is 6.01. The molecule has 5 nitrogen and oxygen atoms in total. The predicted molar refractivity (Wildman–Crippen MR) is 54.3 cm³/mol. The van der Waals surface area contributed by atoms with Crippen molar-refractivity contribution in [3.63, 3.8) is 0 Å². The predicted octanol–water partition coefficient (Wildman–Crippen LogP) is 0.211. The normalized spacial score (nSPS) is 12.2. The number of nitrogens with one attached hydrogen (secondary N) is 1. The fourth-order valence-corrected chi connectivity index (χ4v) is 1.61. The van der Waals surface area contributed by atoms with Crippen LogP contribution in [-0.2, 0) is 16.6 Å². The van der Waals surface area contributed by atoms with E-state index in [4.69, 9.17) is 0 Å². The van der Waals surface area contributed by atoms with Crippen molar-refractivity contribution in [3.05, 3.63) is 18.7 Å². The molecule has 1 N–H and O–H groups in total. The van der Waals surface area contributed by atoms with Crippen molar-refractivity contribution in [1.82, 2.24) is 14.3 Å². The highest BCUT2D eigenvalue weighted by Gasteiger charge is 2.13. The second-order valence-corrected chi connectivity index (χ2v) is 5.61. The Morgan fingerprint density at radius 3 is 2.71 bits per heavy atom. The summed E-state index contributed by atoms with van der Waals surface area (Å²) in [7, 11) is -3.14. The lowest BCUT2D eigenvalue weighted by molar-refractivity contribution is 0.564. The van der Waals surface area contributed by atoms with Crippen LogP contribution in [-0.4, -0.2) is 29.8 Å². The summed E-state index contributed by atoms with van der Waals surface area (Å²) < 4.78 is 27.0. The second-order valence-electron chi connectivity index (χ2n) is 3.29. The second kappa shape index (κ2) is 4.56. The van der Waals surface area contributed by atoms with Gasteiger partial charge in [0.1, 0.15) is 0 Å². The maximum Gasteiger partial charge on any atom is 0.213 e. The summed E-state index contributed by atoms with van der Waals surface area (Å²) in [6.45, 7) is 4.31. The minimum absolute atomic E-state index is 0.384. The molecule has 0 radical (unpaired) electrons. The average molecular weight is 217 g/mol. The smallest absolute Gasteiger partial charge is 0.213 e. The first-order valence-electron chi connectivity index (χ1n) is 4.46. The lowest BCUT2D eigenvalue weighted by Gasteiger charge is -2.09. The van der Waals surface area contributed by atoms with Crippen LogP contribution in [0.15, 0.2) is 18.7 Å². The molecule has 1 aromatic rings. The van der Waals surface area contributed by atoms with Gasteiger partial charge in [0.2, 0.25) is 10.0 Å². The molecule has 0 aliphatic heterocycles. The number of imidazole rings is 1. The third-order valence-electron chi connectivity index (χ3n) is 1.85. The SMILES string of the molecule is CC(C)S(=O)(=O)NCCn1ccnc1. The van der Waals surface area contributed by atoms with Crippen molar-refractivity contribution in [2.45, 2.75) is 25.6 Å². The number of aromatic nitrogens is 2. The maximum atomic E-state index is 11.3. The van der Waals surface area contributed by atoms with Gasteiger partial charge in [-0.3, -0.25) is 0 Å². The molecule has 1 heterocycles. The summed E-state index contributed by atoms with van der Waals surface area (Å²) in [5, 5.41) is -0.384. The molecule has 0 aromatic carbocycles. The molecule has 0 saturated heterocycles. The van der Waals surface area contributed by atoms with Crippen molar-refractivity contribution in [2.24, 2.45) is 0 Å². The Morgan fingerprint density at radius 2 is 2.21 bits per heavy atom. The van der Waals surface area contributed by atoms with Crippen LogP contribution in [0.4, 0.5) is 0 Å². The Morgan fingerprint density at radius 1 is 1.50 bits per heavy atom. The molecule has 1 rings (SSSR count). The summed E-state index contributed by atoms with van der Waals surface area (Å²) in [4.78, 5) is 3.86. The van der Waals surface area contributed by atoms with Gasteiger partial charge in [0.05, 0.1) is 11.6 Å². The topological polar surface area (TPSA) is 64.0 Å². The highest BCUT2D eigenvalue weighted by Crippen LogP contribution is 1.95. The van der Waals surface area contributed by atoms with Gasteiger partial charge in [0, 0.05) is 25.5 Å². The standard InChI is InChI=1S/C8H15N3O2S/c1-8(2)14(12,13)10-4-6-11-5-3-9-7-11/h3,5,7-8,10H,4,6H2,1-2H3. The van der Waals surface area contributed by atoms with Crippen molar-refractivity contribution >= 4 is 10.0 Å². The van der Waals surface area contributed by atoms with E-state index in [1.807, 2.05) is 4.57 Å². The fraction of sp³-hybridized carbons (Fsp3) is 0.625. The van der Waals surface area contributed by atoms with Crippen LogP contribution in [0.2, 0.25) is 0 Å².